The Morgan fingerprint density at radius 2 is 2.15 bits per heavy atom. The molecule has 1 fully saturated rings. The number of hydrogen-bond acceptors (Lipinski definition) is 4. The fraction of sp³-hybridized carbons (Fsp3) is 0.450. The highest BCUT2D eigenvalue weighted by molar-refractivity contribution is 5.93. The minimum atomic E-state index is -0.961. The average molecular weight is 373 g/mol. The summed E-state index contributed by atoms with van der Waals surface area (Å²) in [5, 5.41) is 6.79. The van der Waals surface area contributed by atoms with Crippen molar-refractivity contribution in [3.05, 3.63) is 53.1 Å². The van der Waals surface area contributed by atoms with Crippen LogP contribution in [-0.2, 0) is 16.0 Å². The maximum absolute atomic E-state index is 14.2. The van der Waals surface area contributed by atoms with Gasteiger partial charge in [0.05, 0.1) is 12.0 Å². The van der Waals surface area contributed by atoms with Crippen LogP contribution in [0.25, 0.3) is 0 Å². The zero-order valence-corrected chi connectivity index (χ0v) is 15.6. The third-order valence-corrected chi connectivity index (χ3v) is 4.98. The predicted molar refractivity (Wildman–Crippen MR) is 97.6 cm³/mol. The number of amides is 1. The van der Waals surface area contributed by atoms with E-state index in [1.807, 2.05) is 6.92 Å². The summed E-state index contributed by atoms with van der Waals surface area (Å²) in [5.74, 6) is -0.974. The molecular formula is C20H24FN3O3. The number of nitrogens with one attached hydrogen (secondary N) is 1. The molecule has 1 aromatic heterocycles. The molecule has 2 aromatic rings. The molecule has 2 heterocycles. The van der Waals surface area contributed by atoms with E-state index >= 15 is 0 Å². The van der Waals surface area contributed by atoms with Gasteiger partial charge in [-0.3, -0.25) is 14.7 Å². The molecule has 1 N–H and O–H groups in total. The maximum Gasteiger partial charge on any atom is 0.314 e. The summed E-state index contributed by atoms with van der Waals surface area (Å²) in [5.41, 5.74) is 0.601. The van der Waals surface area contributed by atoms with E-state index in [4.69, 9.17) is 4.74 Å². The molecule has 0 spiro atoms. The third kappa shape index (κ3) is 4.02. The fourth-order valence-electron chi connectivity index (χ4n) is 3.67. The van der Waals surface area contributed by atoms with Gasteiger partial charge in [-0.05, 0) is 50.8 Å². The molecule has 0 bridgehead atoms. The summed E-state index contributed by atoms with van der Waals surface area (Å²) in [6.07, 6.45) is 1.38. The number of piperidine rings is 1. The van der Waals surface area contributed by atoms with Gasteiger partial charge in [-0.1, -0.05) is 18.2 Å². The number of esters is 1. The molecule has 0 saturated carbocycles. The Morgan fingerprint density at radius 1 is 1.37 bits per heavy atom. The van der Waals surface area contributed by atoms with Crippen molar-refractivity contribution >= 4 is 11.9 Å². The molecular weight excluding hydrogens is 349 g/mol. The molecule has 6 nitrogen and oxygen atoms in total. The van der Waals surface area contributed by atoms with Crippen LogP contribution in [0.4, 0.5) is 4.39 Å². The number of likely N-dealkylation sites (tertiary alicyclic amines) is 1. The van der Waals surface area contributed by atoms with E-state index < -0.39 is 5.41 Å². The number of hydrogen-bond donors (Lipinski definition) is 1. The molecule has 3 rings (SSSR count). The summed E-state index contributed by atoms with van der Waals surface area (Å²) >= 11 is 0. The van der Waals surface area contributed by atoms with Gasteiger partial charge in [0, 0.05) is 18.8 Å². The van der Waals surface area contributed by atoms with Crippen molar-refractivity contribution in [1.29, 1.82) is 0 Å². The van der Waals surface area contributed by atoms with Crippen molar-refractivity contribution in [2.45, 2.75) is 33.1 Å². The lowest BCUT2D eigenvalue weighted by molar-refractivity contribution is -0.158. The standard InChI is InChI=1S/C20H24FN3O3/c1-3-27-19(26)20(12-15-7-4-5-8-16(15)21)9-6-10-24(13-20)18(25)17-11-14(2)22-23-17/h4-5,7-8,11H,3,6,9-10,12-13H2,1-2H3,(H,22,23)/t20-/m0/s1. The maximum atomic E-state index is 14.2. The quantitative estimate of drug-likeness (QED) is 0.818. The van der Waals surface area contributed by atoms with E-state index in [0.29, 0.717) is 30.6 Å². The van der Waals surface area contributed by atoms with Crippen molar-refractivity contribution in [2.24, 2.45) is 5.41 Å². The van der Waals surface area contributed by atoms with Gasteiger partial charge in [0.1, 0.15) is 11.5 Å². The molecule has 144 valence electrons. The molecule has 27 heavy (non-hydrogen) atoms. The van der Waals surface area contributed by atoms with E-state index in [1.54, 1.807) is 36.1 Å². The highest BCUT2D eigenvalue weighted by Crippen LogP contribution is 2.36. The van der Waals surface area contributed by atoms with Crippen molar-refractivity contribution in [1.82, 2.24) is 15.1 Å². The molecule has 0 radical (unpaired) electrons. The number of H-pyrrole nitrogens is 1. The molecule has 7 heteroatoms. The molecule has 1 amide bonds. The Balaban J connectivity index is 1.89. The van der Waals surface area contributed by atoms with Crippen molar-refractivity contribution in [3.8, 4) is 0 Å². The lowest BCUT2D eigenvalue weighted by Crippen LogP contribution is -2.51. The van der Waals surface area contributed by atoms with E-state index in [9.17, 15) is 14.0 Å². The van der Waals surface area contributed by atoms with Crippen LogP contribution in [0.1, 0.15) is 41.5 Å². The molecule has 1 aliphatic heterocycles. The van der Waals surface area contributed by atoms with E-state index in [-0.39, 0.29) is 37.3 Å². The van der Waals surface area contributed by atoms with Gasteiger partial charge in [0.2, 0.25) is 0 Å². The second kappa shape index (κ2) is 7.90. The fourth-order valence-corrected chi connectivity index (χ4v) is 3.67. The first kappa shape index (κ1) is 19.1. The zero-order valence-electron chi connectivity index (χ0n) is 15.6. The van der Waals surface area contributed by atoms with Gasteiger partial charge in [-0.25, -0.2) is 4.39 Å². The smallest absolute Gasteiger partial charge is 0.314 e. The van der Waals surface area contributed by atoms with Crippen LogP contribution < -0.4 is 0 Å². The summed E-state index contributed by atoms with van der Waals surface area (Å²) < 4.78 is 19.6. The summed E-state index contributed by atoms with van der Waals surface area (Å²) in [6, 6.07) is 8.10. The number of aryl methyl sites for hydroxylation is 1. The Morgan fingerprint density at radius 3 is 2.81 bits per heavy atom. The van der Waals surface area contributed by atoms with Crippen LogP contribution in [0.2, 0.25) is 0 Å². The van der Waals surface area contributed by atoms with Crippen LogP contribution in [-0.4, -0.2) is 46.7 Å². The number of aromatic amines is 1. The second-order valence-corrected chi connectivity index (χ2v) is 7.04. The Hall–Kier alpha value is -2.70. The van der Waals surface area contributed by atoms with Crippen LogP contribution in [0.5, 0.6) is 0 Å². The van der Waals surface area contributed by atoms with Gasteiger partial charge >= 0.3 is 5.97 Å². The first-order valence-electron chi connectivity index (χ1n) is 9.17. The topological polar surface area (TPSA) is 75.3 Å². The molecule has 0 aliphatic carbocycles. The number of benzene rings is 1. The summed E-state index contributed by atoms with van der Waals surface area (Å²) in [4.78, 5) is 27.3. The lowest BCUT2D eigenvalue weighted by atomic mass is 9.75. The molecule has 1 aliphatic rings. The average Bonchev–Trinajstić information content (AvgIpc) is 3.10. The van der Waals surface area contributed by atoms with Gasteiger partial charge in [0.25, 0.3) is 5.91 Å². The molecule has 0 unspecified atom stereocenters. The summed E-state index contributed by atoms with van der Waals surface area (Å²) in [7, 11) is 0. The minimum Gasteiger partial charge on any atom is -0.466 e. The van der Waals surface area contributed by atoms with Gasteiger partial charge in [0.15, 0.2) is 0 Å². The SMILES string of the molecule is CCOC(=O)[C@]1(Cc2ccccc2F)CCCN(C(=O)c2cc(C)[nH]n2)C1. The monoisotopic (exact) mass is 373 g/mol. The van der Waals surface area contributed by atoms with Crippen LogP contribution in [0.3, 0.4) is 0 Å². The third-order valence-electron chi connectivity index (χ3n) is 4.98. The van der Waals surface area contributed by atoms with E-state index in [1.165, 1.54) is 6.07 Å². The normalized spacial score (nSPS) is 19.7. The lowest BCUT2D eigenvalue weighted by Gasteiger charge is -2.41. The Kier molecular flexibility index (Phi) is 5.58. The number of aromatic nitrogens is 2. The highest BCUT2D eigenvalue weighted by atomic mass is 19.1. The number of carbonyl (C=O) groups is 2. The molecule has 1 aromatic carbocycles. The van der Waals surface area contributed by atoms with Crippen molar-refractivity contribution < 1.29 is 18.7 Å². The molecule has 1 saturated heterocycles. The number of nitrogens with zero attached hydrogens (tertiary/aromatic N) is 2. The van der Waals surface area contributed by atoms with E-state index in [2.05, 4.69) is 10.2 Å². The van der Waals surface area contributed by atoms with Gasteiger partial charge in [-0.15, -0.1) is 0 Å². The minimum absolute atomic E-state index is 0.185. The second-order valence-electron chi connectivity index (χ2n) is 7.04. The van der Waals surface area contributed by atoms with Crippen molar-refractivity contribution in [2.75, 3.05) is 19.7 Å². The predicted octanol–water partition coefficient (Wildman–Crippen LogP) is 2.89. The number of ether oxygens (including phenoxy) is 1. The number of carbonyl (C=O) groups excluding carboxylic acids is 2. The van der Waals surface area contributed by atoms with Crippen LogP contribution in [0, 0.1) is 18.2 Å². The Bertz CT molecular complexity index is 835. The zero-order chi connectivity index (χ0) is 19.4. The largest absolute Gasteiger partial charge is 0.466 e. The Labute approximate surface area is 157 Å². The number of rotatable bonds is 5. The highest BCUT2D eigenvalue weighted by Gasteiger charge is 2.45. The molecule has 1 atom stereocenters. The van der Waals surface area contributed by atoms with Gasteiger partial charge < -0.3 is 9.64 Å². The van der Waals surface area contributed by atoms with Crippen LogP contribution >= 0.6 is 0 Å². The van der Waals surface area contributed by atoms with E-state index in [0.717, 1.165) is 5.69 Å². The van der Waals surface area contributed by atoms with Crippen LogP contribution in [0.15, 0.2) is 30.3 Å². The first-order valence-corrected chi connectivity index (χ1v) is 9.17. The number of halogens is 1. The summed E-state index contributed by atoms with van der Waals surface area (Å²) in [6.45, 7) is 4.52. The van der Waals surface area contributed by atoms with Gasteiger partial charge in [-0.2, -0.15) is 5.10 Å². The first-order chi connectivity index (χ1) is 12.9. The van der Waals surface area contributed by atoms with Crippen molar-refractivity contribution in [3.63, 3.8) is 0 Å².